The van der Waals surface area contributed by atoms with Gasteiger partial charge in [0.15, 0.2) is 0 Å². The summed E-state index contributed by atoms with van der Waals surface area (Å²) in [5, 5.41) is 0. The molecule has 2 aliphatic rings. The highest BCUT2D eigenvalue weighted by Gasteiger charge is 2.74. The van der Waals surface area contributed by atoms with Gasteiger partial charge in [-0.15, -0.1) is 0 Å². The van der Waals surface area contributed by atoms with Gasteiger partial charge in [-0.3, -0.25) is 0 Å². The van der Waals surface area contributed by atoms with Crippen LogP contribution in [0.3, 0.4) is 0 Å². The minimum atomic E-state index is -5.74. The molecule has 2 aromatic carbocycles. The van der Waals surface area contributed by atoms with Crippen molar-refractivity contribution in [3.8, 4) is 0 Å². The first-order valence-electron chi connectivity index (χ1n) is 10.8. The zero-order chi connectivity index (χ0) is 23.7. The maximum Gasteiger partial charge on any atom is 0.443 e. The van der Waals surface area contributed by atoms with Gasteiger partial charge in [-0.25, -0.2) is 9.98 Å². The van der Waals surface area contributed by atoms with Crippen molar-refractivity contribution in [1.29, 1.82) is 0 Å². The lowest BCUT2D eigenvalue weighted by Gasteiger charge is -2.42. The summed E-state index contributed by atoms with van der Waals surface area (Å²) in [6.45, 7) is 0. The van der Waals surface area contributed by atoms with Crippen molar-refractivity contribution < 1.29 is 26.3 Å². The largest absolute Gasteiger partial charge is 0.443 e. The molecule has 9 heteroatoms. The molecule has 176 valence electrons. The van der Waals surface area contributed by atoms with Gasteiger partial charge in [-0.2, -0.15) is 26.3 Å². The standard InChI is InChI=1S/C24H23F6N3/c25-23(26,27)22(24(28,29)30)31-20(16-15-17-9-3-1-4-10-17)33(19-13-7-8-14-19)21(32-22)18-11-5-2-6-12-18/h1-6,9-12,19H,7-8,13-16H2. The molecule has 2 aromatic rings. The van der Waals surface area contributed by atoms with Crippen LogP contribution in [0.15, 0.2) is 70.6 Å². The maximum atomic E-state index is 14.1. The summed E-state index contributed by atoms with van der Waals surface area (Å²) in [6, 6.07) is 16.4. The minimum absolute atomic E-state index is 0.0692. The Balaban J connectivity index is 1.88. The molecule has 0 amide bonds. The van der Waals surface area contributed by atoms with E-state index in [0.717, 1.165) is 18.4 Å². The summed E-state index contributed by atoms with van der Waals surface area (Å²) in [4.78, 5) is 8.27. The quantitative estimate of drug-likeness (QED) is 0.459. The van der Waals surface area contributed by atoms with Gasteiger partial charge >= 0.3 is 18.0 Å². The maximum absolute atomic E-state index is 14.1. The molecule has 0 saturated heterocycles. The van der Waals surface area contributed by atoms with Crippen molar-refractivity contribution in [3.63, 3.8) is 0 Å². The van der Waals surface area contributed by atoms with Crippen LogP contribution in [0.5, 0.6) is 0 Å². The van der Waals surface area contributed by atoms with Crippen molar-refractivity contribution in [2.45, 2.75) is 62.6 Å². The van der Waals surface area contributed by atoms with Gasteiger partial charge < -0.3 is 4.90 Å². The zero-order valence-electron chi connectivity index (χ0n) is 17.7. The van der Waals surface area contributed by atoms with E-state index < -0.39 is 18.0 Å². The predicted octanol–water partition coefficient (Wildman–Crippen LogP) is 6.54. The molecule has 0 spiro atoms. The monoisotopic (exact) mass is 467 g/mol. The Morgan fingerprint density at radius 3 is 1.85 bits per heavy atom. The molecule has 1 fully saturated rings. The molecule has 1 aliphatic heterocycles. The second-order valence-corrected chi connectivity index (χ2v) is 8.29. The van der Waals surface area contributed by atoms with Crippen LogP contribution < -0.4 is 0 Å². The number of hydrogen-bond acceptors (Lipinski definition) is 3. The summed E-state index contributed by atoms with van der Waals surface area (Å²) in [5.41, 5.74) is -3.53. The lowest BCUT2D eigenvalue weighted by Crippen LogP contribution is -2.60. The molecule has 0 aromatic heterocycles. The van der Waals surface area contributed by atoms with E-state index in [1.54, 1.807) is 48.5 Å². The van der Waals surface area contributed by atoms with Gasteiger partial charge in [0.25, 0.3) is 0 Å². The number of rotatable bonds is 5. The average Bonchev–Trinajstić information content (AvgIpc) is 3.31. The lowest BCUT2D eigenvalue weighted by atomic mass is 10.0. The fourth-order valence-electron chi connectivity index (χ4n) is 4.42. The Labute approximate surface area is 187 Å². The van der Waals surface area contributed by atoms with E-state index in [9.17, 15) is 26.3 Å². The van der Waals surface area contributed by atoms with Crippen LogP contribution in [0, 0.1) is 0 Å². The van der Waals surface area contributed by atoms with Gasteiger partial charge in [-0.05, 0) is 24.8 Å². The number of hydrogen-bond donors (Lipinski definition) is 0. The van der Waals surface area contributed by atoms with Crippen LogP contribution >= 0.6 is 0 Å². The number of alkyl halides is 6. The van der Waals surface area contributed by atoms with E-state index in [-0.39, 0.29) is 36.1 Å². The SMILES string of the molecule is FC(F)(F)C1(C(F)(F)F)N=C(CCc2ccccc2)N(C2CCCC2)C(c2ccccc2)=N1. The number of amidine groups is 2. The predicted molar refractivity (Wildman–Crippen MR) is 114 cm³/mol. The van der Waals surface area contributed by atoms with E-state index in [1.807, 2.05) is 0 Å². The van der Waals surface area contributed by atoms with Crippen LogP contribution in [0.2, 0.25) is 0 Å². The minimum Gasteiger partial charge on any atom is -0.311 e. The van der Waals surface area contributed by atoms with Gasteiger partial charge in [0, 0.05) is 18.0 Å². The molecule has 3 nitrogen and oxygen atoms in total. The first-order chi connectivity index (χ1) is 15.6. The van der Waals surface area contributed by atoms with E-state index in [0.29, 0.717) is 12.8 Å². The van der Waals surface area contributed by atoms with Crippen molar-refractivity contribution in [2.24, 2.45) is 9.98 Å². The van der Waals surface area contributed by atoms with Gasteiger partial charge in [0.1, 0.15) is 11.7 Å². The second kappa shape index (κ2) is 8.83. The normalized spacial score (nSPS) is 19.4. The second-order valence-electron chi connectivity index (χ2n) is 8.29. The first-order valence-corrected chi connectivity index (χ1v) is 10.8. The lowest BCUT2D eigenvalue weighted by molar-refractivity contribution is -0.293. The van der Waals surface area contributed by atoms with Crippen molar-refractivity contribution in [1.82, 2.24) is 4.90 Å². The highest BCUT2D eigenvalue weighted by atomic mass is 19.4. The molecule has 0 atom stereocenters. The highest BCUT2D eigenvalue weighted by molar-refractivity contribution is 6.11. The Hall–Kier alpha value is -2.84. The third-order valence-electron chi connectivity index (χ3n) is 6.06. The molecule has 1 aliphatic carbocycles. The fraction of sp³-hybridized carbons (Fsp3) is 0.417. The number of benzene rings is 2. The molecular formula is C24H23F6N3. The van der Waals surface area contributed by atoms with E-state index in [1.165, 1.54) is 17.0 Å². The average molecular weight is 467 g/mol. The molecule has 0 unspecified atom stereocenters. The topological polar surface area (TPSA) is 28.0 Å². The van der Waals surface area contributed by atoms with Gasteiger partial charge in [0.2, 0.25) is 0 Å². The third kappa shape index (κ3) is 4.50. The zero-order valence-corrected chi connectivity index (χ0v) is 17.7. The van der Waals surface area contributed by atoms with Crippen LogP contribution in [-0.4, -0.2) is 40.6 Å². The van der Waals surface area contributed by atoms with Crippen LogP contribution in [-0.2, 0) is 6.42 Å². The van der Waals surface area contributed by atoms with Crippen molar-refractivity contribution >= 4 is 11.7 Å². The van der Waals surface area contributed by atoms with Crippen LogP contribution in [0.25, 0.3) is 0 Å². The van der Waals surface area contributed by atoms with E-state index in [2.05, 4.69) is 9.98 Å². The number of aryl methyl sites for hydroxylation is 1. The summed E-state index contributed by atoms with van der Waals surface area (Å²) in [7, 11) is 0. The van der Waals surface area contributed by atoms with Crippen LogP contribution in [0.4, 0.5) is 26.3 Å². The smallest absolute Gasteiger partial charge is 0.311 e. The third-order valence-corrected chi connectivity index (χ3v) is 6.06. The summed E-state index contributed by atoms with van der Waals surface area (Å²) in [6.07, 6.45) is -8.30. The fourth-order valence-corrected chi connectivity index (χ4v) is 4.42. The van der Waals surface area contributed by atoms with Crippen molar-refractivity contribution in [3.05, 3.63) is 71.8 Å². The van der Waals surface area contributed by atoms with Gasteiger partial charge in [-0.1, -0.05) is 73.5 Å². The summed E-state index contributed by atoms with van der Waals surface area (Å²) >= 11 is 0. The van der Waals surface area contributed by atoms with Crippen LogP contribution in [0.1, 0.15) is 43.2 Å². The Kier molecular flexibility index (Phi) is 6.24. The summed E-state index contributed by atoms with van der Waals surface area (Å²) < 4.78 is 84.4. The number of halogens is 6. The Morgan fingerprint density at radius 1 is 0.758 bits per heavy atom. The molecule has 0 N–H and O–H groups in total. The summed E-state index contributed by atoms with van der Waals surface area (Å²) in [5.74, 6) is -0.551. The van der Waals surface area contributed by atoms with Gasteiger partial charge in [0.05, 0.1) is 0 Å². The number of aliphatic imine (C=N–C) groups is 2. The molecule has 0 bridgehead atoms. The van der Waals surface area contributed by atoms with E-state index in [4.69, 9.17) is 0 Å². The highest BCUT2D eigenvalue weighted by Crippen LogP contribution is 2.49. The van der Waals surface area contributed by atoms with Crippen molar-refractivity contribution in [2.75, 3.05) is 0 Å². The number of nitrogens with zero attached hydrogens (tertiary/aromatic N) is 3. The van der Waals surface area contributed by atoms with E-state index >= 15 is 0 Å². The Morgan fingerprint density at radius 2 is 1.30 bits per heavy atom. The Bertz CT molecular complexity index is 992. The molecule has 1 heterocycles. The molecule has 33 heavy (non-hydrogen) atoms. The molecule has 0 radical (unpaired) electrons. The molecule has 4 rings (SSSR count). The first kappa shape index (κ1) is 23.3. The molecular weight excluding hydrogens is 444 g/mol. The molecule has 1 saturated carbocycles.